The molecule has 3 rings (SSSR count). The molecule has 0 amide bonds. The third-order valence-electron chi connectivity index (χ3n) is 6.93. The van der Waals surface area contributed by atoms with Crippen LogP contribution in [-0.2, 0) is 11.2 Å². The summed E-state index contributed by atoms with van der Waals surface area (Å²) in [7, 11) is 1.72. The zero-order chi connectivity index (χ0) is 22.1. The minimum atomic E-state index is -0.200. The van der Waals surface area contributed by atoms with Crippen LogP contribution in [0.3, 0.4) is 0 Å². The Morgan fingerprint density at radius 1 is 1.06 bits per heavy atom. The van der Waals surface area contributed by atoms with Crippen molar-refractivity contribution in [2.45, 2.75) is 83.8 Å². The van der Waals surface area contributed by atoms with Gasteiger partial charge in [-0.15, -0.1) is 0 Å². The highest BCUT2D eigenvalue weighted by molar-refractivity contribution is 5.49. The van der Waals surface area contributed by atoms with Gasteiger partial charge >= 0.3 is 0 Å². The molecule has 0 spiro atoms. The monoisotopic (exact) mass is 435 g/mol. The number of benzene rings is 1. The number of halogens is 1. The van der Waals surface area contributed by atoms with Crippen LogP contribution in [0.2, 0.25) is 0 Å². The lowest BCUT2D eigenvalue weighted by molar-refractivity contribution is -0.0622. The lowest BCUT2D eigenvalue weighted by Crippen LogP contribution is -2.48. The van der Waals surface area contributed by atoms with Gasteiger partial charge in [0.25, 0.3) is 0 Å². The van der Waals surface area contributed by atoms with Crippen molar-refractivity contribution in [2.75, 3.05) is 40.1 Å². The molecule has 0 N–H and O–H groups in total. The highest BCUT2D eigenvalue weighted by atomic mass is 19.1. The van der Waals surface area contributed by atoms with Crippen molar-refractivity contribution in [3.05, 3.63) is 23.3 Å². The topological polar surface area (TPSA) is 30.9 Å². The van der Waals surface area contributed by atoms with Crippen molar-refractivity contribution < 1.29 is 18.6 Å². The molecular formula is C26H42FNO3. The first-order valence-corrected chi connectivity index (χ1v) is 12.5. The van der Waals surface area contributed by atoms with E-state index in [-0.39, 0.29) is 6.67 Å². The summed E-state index contributed by atoms with van der Waals surface area (Å²) in [5.74, 6) is 2.30. The fourth-order valence-corrected chi connectivity index (χ4v) is 5.25. The second kappa shape index (κ2) is 12.6. The van der Waals surface area contributed by atoms with Gasteiger partial charge in [-0.3, -0.25) is 9.29 Å². The zero-order valence-electron chi connectivity index (χ0n) is 19.8. The summed E-state index contributed by atoms with van der Waals surface area (Å²) in [4.78, 5) is 2.67. The van der Waals surface area contributed by atoms with Crippen molar-refractivity contribution in [1.29, 1.82) is 0 Å². The highest BCUT2D eigenvalue weighted by Gasteiger charge is 2.39. The predicted molar refractivity (Wildman–Crippen MR) is 124 cm³/mol. The minimum Gasteiger partial charge on any atom is -0.493 e. The number of unbranched alkanes of at least 4 members (excludes halogenated alkanes) is 4. The summed E-state index contributed by atoms with van der Waals surface area (Å²) in [6.45, 7) is 7.74. The van der Waals surface area contributed by atoms with Gasteiger partial charge in [0.2, 0.25) is 0 Å². The summed E-state index contributed by atoms with van der Waals surface area (Å²) in [5, 5.41) is 0. The molecule has 1 saturated heterocycles. The molecule has 5 heteroatoms. The molecule has 3 atom stereocenters. The maximum absolute atomic E-state index is 12.3. The largest absolute Gasteiger partial charge is 0.493 e. The van der Waals surface area contributed by atoms with E-state index in [0.717, 1.165) is 63.3 Å². The van der Waals surface area contributed by atoms with Gasteiger partial charge in [-0.05, 0) is 68.2 Å². The van der Waals surface area contributed by atoms with Crippen molar-refractivity contribution in [3.63, 3.8) is 0 Å². The third-order valence-corrected chi connectivity index (χ3v) is 6.93. The van der Waals surface area contributed by atoms with Crippen molar-refractivity contribution in [3.8, 4) is 11.5 Å². The van der Waals surface area contributed by atoms with Crippen LogP contribution < -0.4 is 9.47 Å². The Hall–Kier alpha value is -1.33. The molecule has 0 unspecified atom stereocenters. The molecular weight excluding hydrogens is 393 g/mol. The van der Waals surface area contributed by atoms with E-state index in [2.05, 4.69) is 24.0 Å². The average molecular weight is 436 g/mol. The van der Waals surface area contributed by atoms with Crippen LogP contribution in [-0.4, -0.2) is 51.1 Å². The van der Waals surface area contributed by atoms with Gasteiger partial charge in [-0.25, -0.2) is 0 Å². The van der Waals surface area contributed by atoms with E-state index in [0.29, 0.717) is 31.1 Å². The number of fused-ring (bicyclic) bond motifs is 3. The third kappa shape index (κ3) is 6.35. The normalized spacial score (nSPS) is 23.3. The minimum absolute atomic E-state index is 0.200. The van der Waals surface area contributed by atoms with Crippen LogP contribution in [0.5, 0.6) is 11.5 Å². The van der Waals surface area contributed by atoms with Gasteiger partial charge < -0.3 is 14.2 Å². The number of hydrogen-bond donors (Lipinski definition) is 0. The summed E-state index contributed by atoms with van der Waals surface area (Å²) >= 11 is 0. The van der Waals surface area contributed by atoms with Gasteiger partial charge in [-0.1, -0.05) is 32.6 Å². The molecule has 0 saturated carbocycles. The molecule has 31 heavy (non-hydrogen) atoms. The van der Waals surface area contributed by atoms with Gasteiger partial charge in [0, 0.05) is 25.7 Å². The lowest BCUT2D eigenvalue weighted by atomic mass is 9.80. The van der Waals surface area contributed by atoms with Gasteiger partial charge in [0.05, 0.1) is 26.5 Å². The Kier molecular flexibility index (Phi) is 9.92. The Labute approximate surface area is 188 Å². The van der Waals surface area contributed by atoms with Crippen LogP contribution in [0.25, 0.3) is 0 Å². The van der Waals surface area contributed by atoms with Crippen molar-refractivity contribution in [2.24, 2.45) is 5.92 Å². The summed E-state index contributed by atoms with van der Waals surface area (Å²) in [6, 6.07) is 4.79. The summed E-state index contributed by atoms with van der Waals surface area (Å²) in [6.07, 6.45) is 9.90. The SMILES string of the molecule is CCCC[C@@H]1CN2CCc3cc(OC)c(OCC)cc3[C@H]2C[C@H]1OCCCCCC[19F]. The standard InChI is InChI=1S/C26H42FNO3/c1-4-6-11-21-19-28-14-12-20-16-25(29-3)26(30-5-2)17-22(20)23(28)18-24(21)31-15-10-8-7-9-13-27/h16-17,21,23-24H,4-15,18-19H2,1-3H3/t21-,23-,24-/m1/s1/i27+0. The molecule has 0 aliphatic carbocycles. The van der Waals surface area contributed by atoms with Crippen molar-refractivity contribution in [1.82, 2.24) is 4.90 Å². The number of ether oxygens (including phenoxy) is 3. The molecule has 2 aliphatic heterocycles. The highest BCUT2D eigenvalue weighted by Crippen LogP contribution is 2.44. The number of hydrogen-bond acceptors (Lipinski definition) is 4. The lowest BCUT2D eigenvalue weighted by Gasteiger charge is -2.47. The Morgan fingerprint density at radius 2 is 1.90 bits per heavy atom. The maximum atomic E-state index is 12.3. The molecule has 4 nitrogen and oxygen atoms in total. The second-order valence-electron chi connectivity index (χ2n) is 9.05. The van der Waals surface area contributed by atoms with E-state index >= 15 is 0 Å². The van der Waals surface area contributed by atoms with Crippen LogP contribution >= 0.6 is 0 Å². The molecule has 176 valence electrons. The number of nitrogens with zero attached hydrogens (tertiary/aromatic N) is 1. The van der Waals surface area contributed by atoms with Gasteiger partial charge in [0.1, 0.15) is 0 Å². The van der Waals surface area contributed by atoms with Gasteiger partial charge in [0.15, 0.2) is 11.5 Å². The van der Waals surface area contributed by atoms with E-state index < -0.39 is 0 Å². The van der Waals surface area contributed by atoms with E-state index in [1.54, 1.807) is 7.11 Å². The van der Waals surface area contributed by atoms with Crippen molar-refractivity contribution >= 4 is 0 Å². The molecule has 2 heterocycles. The molecule has 1 fully saturated rings. The van der Waals surface area contributed by atoms with E-state index in [1.165, 1.54) is 30.4 Å². The van der Waals surface area contributed by atoms with E-state index in [1.807, 2.05) is 6.92 Å². The molecule has 0 bridgehead atoms. The predicted octanol–water partition coefficient (Wildman–Crippen LogP) is 6.12. The number of rotatable bonds is 13. The number of alkyl halides is 1. The first-order chi connectivity index (χ1) is 15.2. The second-order valence-corrected chi connectivity index (χ2v) is 9.05. The average Bonchev–Trinajstić information content (AvgIpc) is 2.79. The fourth-order valence-electron chi connectivity index (χ4n) is 5.25. The summed E-state index contributed by atoms with van der Waals surface area (Å²) < 4.78 is 30.3. The van der Waals surface area contributed by atoms with Crippen LogP contribution in [0.15, 0.2) is 12.1 Å². The molecule has 2 aliphatic rings. The smallest absolute Gasteiger partial charge is 0.161 e. The van der Waals surface area contributed by atoms with E-state index in [4.69, 9.17) is 14.2 Å². The number of methoxy groups -OCH3 is 1. The molecule has 1 aromatic rings. The summed E-state index contributed by atoms with van der Waals surface area (Å²) in [5.41, 5.74) is 2.78. The van der Waals surface area contributed by atoms with Crippen LogP contribution in [0, 0.1) is 5.92 Å². The molecule has 0 aromatic heterocycles. The van der Waals surface area contributed by atoms with E-state index in [9.17, 15) is 4.39 Å². The number of piperidine rings is 1. The quantitative estimate of drug-likeness (QED) is 0.349. The first-order valence-electron chi connectivity index (χ1n) is 12.5. The van der Waals surface area contributed by atoms with Crippen LogP contribution in [0.1, 0.15) is 82.4 Å². The fraction of sp³-hybridized carbons (Fsp3) is 0.769. The molecule has 0 radical (unpaired) electrons. The zero-order valence-corrected chi connectivity index (χ0v) is 19.8. The van der Waals surface area contributed by atoms with Crippen LogP contribution in [0.4, 0.5) is 4.39 Å². The van der Waals surface area contributed by atoms with Gasteiger partial charge in [-0.2, -0.15) is 0 Å². The Morgan fingerprint density at radius 3 is 2.65 bits per heavy atom. The Bertz CT molecular complexity index is 668. The Balaban J connectivity index is 1.72. The maximum Gasteiger partial charge on any atom is 0.161 e. The molecule has 1 aromatic carbocycles. The first kappa shape index (κ1) is 24.3.